The van der Waals surface area contributed by atoms with Gasteiger partial charge < -0.3 is 10.1 Å². The van der Waals surface area contributed by atoms with Crippen LogP contribution in [0.3, 0.4) is 0 Å². The first kappa shape index (κ1) is 23.8. The van der Waals surface area contributed by atoms with Gasteiger partial charge in [0.05, 0.1) is 11.5 Å². The summed E-state index contributed by atoms with van der Waals surface area (Å²) >= 11 is 1.11. The van der Waals surface area contributed by atoms with E-state index in [1.54, 1.807) is 30.5 Å². The van der Waals surface area contributed by atoms with E-state index < -0.39 is 16.8 Å². The highest BCUT2D eigenvalue weighted by Gasteiger charge is 2.24. The fourth-order valence-electron chi connectivity index (χ4n) is 3.16. The Morgan fingerprint density at radius 1 is 1.09 bits per heavy atom. The summed E-state index contributed by atoms with van der Waals surface area (Å²) in [5, 5.41) is 15.7. The molecule has 0 bridgehead atoms. The molecule has 0 saturated heterocycles. The lowest BCUT2D eigenvalue weighted by molar-refractivity contribution is -0.384. The summed E-state index contributed by atoms with van der Waals surface area (Å²) in [5.74, 6) is -1.22. The molecule has 3 aromatic rings. The number of amides is 1. The van der Waals surface area contributed by atoms with Crippen molar-refractivity contribution in [2.24, 2.45) is 0 Å². The smallest absolute Gasteiger partial charge is 0.341 e. The van der Waals surface area contributed by atoms with Crippen LogP contribution in [-0.4, -0.2) is 29.2 Å². The first-order chi connectivity index (χ1) is 15.8. The minimum atomic E-state index is -0.647. The molecular formula is C24H22N2O6S. The van der Waals surface area contributed by atoms with Crippen molar-refractivity contribution in [1.29, 1.82) is 0 Å². The van der Waals surface area contributed by atoms with Crippen LogP contribution < -0.4 is 5.32 Å². The van der Waals surface area contributed by atoms with Gasteiger partial charge in [0.1, 0.15) is 10.6 Å². The van der Waals surface area contributed by atoms with Crippen molar-refractivity contribution in [3.05, 3.63) is 80.7 Å². The Morgan fingerprint density at radius 2 is 1.82 bits per heavy atom. The SMILES string of the molecule is CCOC(=O)c1c(-c2cccc([N+](=O)[O-])c2)csc1NC(=O)CCC(=O)c1ccc(C)cc1. The number of esters is 1. The number of hydrogen-bond acceptors (Lipinski definition) is 7. The van der Waals surface area contributed by atoms with Gasteiger partial charge in [-0.1, -0.05) is 42.0 Å². The zero-order valence-corrected chi connectivity index (χ0v) is 18.9. The number of benzene rings is 2. The molecule has 0 aliphatic rings. The van der Waals surface area contributed by atoms with Crippen molar-refractivity contribution in [1.82, 2.24) is 0 Å². The summed E-state index contributed by atoms with van der Waals surface area (Å²) in [6.45, 7) is 3.71. The maximum absolute atomic E-state index is 12.6. The van der Waals surface area contributed by atoms with E-state index >= 15 is 0 Å². The van der Waals surface area contributed by atoms with Gasteiger partial charge in [-0.15, -0.1) is 11.3 Å². The highest BCUT2D eigenvalue weighted by molar-refractivity contribution is 7.15. The highest BCUT2D eigenvalue weighted by Crippen LogP contribution is 2.37. The second-order valence-electron chi connectivity index (χ2n) is 7.22. The Kier molecular flexibility index (Phi) is 7.68. The molecule has 1 heterocycles. The summed E-state index contributed by atoms with van der Waals surface area (Å²) in [7, 11) is 0. The quantitative estimate of drug-likeness (QED) is 0.195. The number of aryl methyl sites for hydroxylation is 1. The van der Waals surface area contributed by atoms with Gasteiger partial charge in [-0.2, -0.15) is 0 Å². The number of nitrogens with one attached hydrogen (secondary N) is 1. The zero-order chi connectivity index (χ0) is 24.0. The van der Waals surface area contributed by atoms with E-state index in [9.17, 15) is 24.5 Å². The molecule has 0 fully saturated rings. The number of rotatable bonds is 9. The van der Waals surface area contributed by atoms with Gasteiger partial charge in [-0.05, 0) is 19.4 Å². The molecule has 33 heavy (non-hydrogen) atoms. The van der Waals surface area contributed by atoms with Crippen molar-refractivity contribution in [3.8, 4) is 11.1 Å². The van der Waals surface area contributed by atoms with Crippen LogP contribution in [0, 0.1) is 17.0 Å². The Morgan fingerprint density at radius 3 is 2.48 bits per heavy atom. The third kappa shape index (κ3) is 5.89. The normalized spacial score (nSPS) is 10.5. The molecule has 0 spiro atoms. The number of anilines is 1. The van der Waals surface area contributed by atoms with Crippen molar-refractivity contribution in [3.63, 3.8) is 0 Å². The average Bonchev–Trinajstić information content (AvgIpc) is 3.21. The van der Waals surface area contributed by atoms with Crippen LogP contribution in [0.1, 0.15) is 46.0 Å². The Hall–Kier alpha value is -3.85. The minimum absolute atomic E-state index is 0.0206. The molecule has 0 unspecified atom stereocenters. The van der Waals surface area contributed by atoms with Gasteiger partial charge >= 0.3 is 5.97 Å². The van der Waals surface area contributed by atoms with Crippen LogP contribution in [0.15, 0.2) is 53.9 Å². The number of carbonyl (C=O) groups is 3. The number of ketones is 1. The van der Waals surface area contributed by atoms with E-state index in [0.29, 0.717) is 16.7 Å². The first-order valence-electron chi connectivity index (χ1n) is 10.2. The molecule has 3 rings (SSSR count). The van der Waals surface area contributed by atoms with E-state index in [1.807, 2.05) is 19.1 Å². The lowest BCUT2D eigenvalue weighted by Gasteiger charge is -2.09. The molecule has 1 aromatic heterocycles. The molecule has 2 aromatic carbocycles. The molecular weight excluding hydrogens is 444 g/mol. The van der Waals surface area contributed by atoms with Crippen molar-refractivity contribution >= 4 is 39.7 Å². The monoisotopic (exact) mass is 466 g/mol. The minimum Gasteiger partial charge on any atom is -0.462 e. The Labute approximate surface area is 194 Å². The average molecular weight is 467 g/mol. The molecule has 1 amide bonds. The number of nitrogens with zero attached hydrogens (tertiary/aromatic N) is 1. The second kappa shape index (κ2) is 10.6. The number of thiophene rings is 1. The molecule has 0 radical (unpaired) electrons. The lowest BCUT2D eigenvalue weighted by atomic mass is 10.0. The molecule has 9 heteroatoms. The van der Waals surface area contributed by atoms with Crippen LogP contribution >= 0.6 is 11.3 Å². The van der Waals surface area contributed by atoms with Crippen molar-refractivity contribution < 1.29 is 24.0 Å². The van der Waals surface area contributed by atoms with Gasteiger partial charge in [0.25, 0.3) is 5.69 Å². The topological polar surface area (TPSA) is 116 Å². The summed E-state index contributed by atoms with van der Waals surface area (Å²) in [6.07, 6.45) is -0.0359. The van der Waals surface area contributed by atoms with Crippen LogP contribution in [-0.2, 0) is 9.53 Å². The number of nitro benzene ring substituents is 1. The number of non-ortho nitro benzene ring substituents is 1. The van der Waals surface area contributed by atoms with Crippen molar-refractivity contribution in [2.45, 2.75) is 26.7 Å². The summed E-state index contributed by atoms with van der Waals surface area (Å²) < 4.78 is 5.14. The van der Waals surface area contributed by atoms with E-state index in [4.69, 9.17) is 4.74 Å². The predicted molar refractivity (Wildman–Crippen MR) is 126 cm³/mol. The summed E-state index contributed by atoms with van der Waals surface area (Å²) in [4.78, 5) is 48.1. The first-order valence-corrected chi connectivity index (χ1v) is 11.1. The number of Topliss-reactive ketones (excluding diaryl/α,β-unsaturated/α-hetero) is 1. The van der Waals surface area contributed by atoms with Gasteiger partial charge in [-0.25, -0.2) is 4.79 Å². The Balaban J connectivity index is 1.79. The zero-order valence-electron chi connectivity index (χ0n) is 18.1. The summed E-state index contributed by atoms with van der Waals surface area (Å²) in [5.41, 5.74) is 2.46. The maximum atomic E-state index is 12.6. The molecule has 8 nitrogen and oxygen atoms in total. The van der Waals surface area contributed by atoms with E-state index in [1.165, 1.54) is 18.2 Å². The fourth-order valence-corrected chi connectivity index (χ4v) is 4.13. The van der Waals surface area contributed by atoms with Crippen molar-refractivity contribution in [2.75, 3.05) is 11.9 Å². The largest absolute Gasteiger partial charge is 0.462 e. The fraction of sp³-hybridized carbons (Fsp3) is 0.208. The predicted octanol–water partition coefficient (Wildman–Crippen LogP) is 5.41. The Bertz CT molecular complexity index is 1200. The molecule has 0 saturated carbocycles. The third-order valence-corrected chi connectivity index (χ3v) is 5.74. The number of carbonyl (C=O) groups excluding carboxylic acids is 3. The summed E-state index contributed by atoms with van der Waals surface area (Å²) in [6, 6.07) is 13.0. The van der Waals surface area contributed by atoms with E-state index in [0.717, 1.165) is 16.9 Å². The van der Waals surface area contributed by atoms with E-state index in [-0.39, 0.29) is 41.5 Å². The molecule has 0 aliphatic carbocycles. The van der Waals surface area contributed by atoms with Gasteiger partial charge in [-0.3, -0.25) is 19.7 Å². The van der Waals surface area contributed by atoms with Gasteiger partial charge in [0, 0.05) is 41.5 Å². The van der Waals surface area contributed by atoms with Crippen LogP contribution in [0.2, 0.25) is 0 Å². The van der Waals surface area contributed by atoms with Crippen LogP contribution in [0.4, 0.5) is 10.7 Å². The maximum Gasteiger partial charge on any atom is 0.341 e. The molecule has 170 valence electrons. The van der Waals surface area contributed by atoms with Crippen LogP contribution in [0.25, 0.3) is 11.1 Å². The number of nitro groups is 1. The van der Waals surface area contributed by atoms with Gasteiger partial charge in [0.2, 0.25) is 5.91 Å². The molecule has 0 atom stereocenters. The standard InChI is InChI=1S/C24H22N2O6S/c1-3-32-24(29)22-19(17-5-4-6-18(13-17)26(30)31)14-33-23(22)25-21(28)12-11-20(27)16-9-7-15(2)8-10-16/h4-10,13-14H,3,11-12H2,1-2H3,(H,25,28). The van der Waals surface area contributed by atoms with Gasteiger partial charge in [0.15, 0.2) is 5.78 Å². The third-order valence-electron chi connectivity index (χ3n) is 4.84. The number of ether oxygens (including phenoxy) is 1. The highest BCUT2D eigenvalue weighted by atomic mass is 32.1. The van der Waals surface area contributed by atoms with Crippen LogP contribution in [0.5, 0.6) is 0 Å². The molecule has 0 aliphatic heterocycles. The second-order valence-corrected chi connectivity index (χ2v) is 8.10. The lowest BCUT2D eigenvalue weighted by Crippen LogP contribution is -2.15. The van der Waals surface area contributed by atoms with E-state index in [2.05, 4.69) is 5.32 Å². The number of hydrogen-bond donors (Lipinski definition) is 1. The molecule has 1 N–H and O–H groups in total.